The van der Waals surface area contributed by atoms with Gasteiger partial charge in [-0.3, -0.25) is 0 Å². The van der Waals surface area contributed by atoms with Crippen molar-refractivity contribution in [2.24, 2.45) is 0 Å². The number of halogens is 4. The smallest absolute Gasteiger partial charge is 0.130 e. The standard InChI is InChI=1S/C15H13Cl2F2N/c1-9(15-13(18)3-2-4-14(15)19)20-8-10-5-6-11(16)7-12(10)17/h2-7,9,20H,8H2,1H3. The molecule has 0 aliphatic heterocycles. The Morgan fingerprint density at radius 2 is 1.75 bits per heavy atom. The third-order valence-corrected chi connectivity index (χ3v) is 3.63. The van der Waals surface area contributed by atoms with Crippen LogP contribution in [0.3, 0.4) is 0 Å². The molecule has 106 valence electrons. The molecule has 0 saturated heterocycles. The van der Waals surface area contributed by atoms with E-state index in [1.807, 2.05) is 0 Å². The van der Waals surface area contributed by atoms with E-state index in [2.05, 4.69) is 5.32 Å². The molecule has 0 aromatic heterocycles. The largest absolute Gasteiger partial charge is 0.306 e. The van der Waals surface area contributed by atoms with Crippen LogP contribution in [0.25, 0.3) is 0 Å². The molecule has 0 spiro atoms. The molecule has 20 heavy (non-hydrogen) atoms. The van der Waals surface area contributed by atoms with Gasteiger partial charge < -0.3 is 5.32 Å². The van der Waals surface area contributed by atoms with Crippen molar-refractivity contribution in [2.45, 2.75) is 19.5 Å². The van der Waals surface area contributed by atoms with Gasteiger partial charge in [0, 0.05) is 28.2 Å². The van der Waals surface area contributed by atoms with Crippen LogP contribution < -0.4 is 5.32 Å². The van der Waals surface area contributed by atoms with Gasteiger partial charge in [-0.15, -0.1) is 0 Å². The number of benzene rings is 2. The maximum atomic E-state index is 13.6. The molecule has 0 aliphatic rings. The first kappa shape index (κ1) is 15.2. The molecule has 0 saturated carbocycles. The Balaban J connectivity index is 2.11. The zero-order chi connectivity index (χ0) is 14.7. The summed E-state index contributed by atoms with van der Waals surface area (Å²) in [5.74, 6) is -1.13. The molecule has 1 N–H and O–H groups in total. The Morgan fingerprint density at radius 1 is 1.10 bits per heavy atom. The van der Waals surface area contributed by atoms with Crippen LogP contribution in [0.4, 0.5) is 8.78 Å². The van der Waals surface area contributed by atoms with Gasteiger partial charge in [-0.05, 0) is 36.8 Å². The van der Waals surface area contributed by atoms with Crippen molar-refractivity contribution in [2.75, 3.05) is 0 Å². The summed E-state index contributed by atoms with van der Waals surface area (Å²) < 4.78 is 27.3. The molecule has 0 heterocycles. The second kappa shape index (κ2) is 6.53. The Morgan fingerprint density at radius 3 is 2.35 bits per heavy atom. The fraction of sp³-hybridized carbons (Fsp3) is 0.200. The Hall–Kier alpha value is -1.16. The highest BCUT2D eigenvalue weighted by atomic mass is 35.5. The van der Waals surface area contributed by atoms with Crippen LogP contribution in [-0.4, -0.2) is 0 Å². The van der Waals surface area contributed by atoms with Crippen molar-refractivity contribution in [1.29, 1.82) is 0 Å². The van der Waals surface area contributed by atoms with Gasteiger partial charge in [0.1, 0.15) is 11.6 Å². The molecule has 0 bridgehead atoms. The summed E-state index contributed by atoms with van der Waals surface area (Å²) >= 11 is 11.9. The summed E-state index contributed by atoms with van der Waals surface area (Å²) in [5.41, 5.74) is 0.845. The first-order valence-electron chi connectivity index (χ1n) is 6.10. The summed E-state index contributed by atoms with van der Waals surface area (Å²) in [5, 5.41) is 4.12. The monoisotopic (exact) mass is 315 g/mol. The van der Waals surface area contributed by atoms with Gasteiger partial charge in [-0.25, -0.2) is 8.78 Å². The molecule has 0 radical (unpaired) electrons. The van der Waals surface area contributed by atoms with Crippen LogP contribution in [0.1, 0.15) is 24.1 Å². The first-order valence-corrected chi connectivity index (χ1v) is 6.86. The molecule has 0 fully saturated rings. The lowest BCUT2D eigenvalue weighted by atomic mass is 10.1. The van der Waals surface area contributed by atoms with E-state index in [0.29, 0.717) is 16.6 Å². The topological polar surface area (TPSA) is 12.0 Å². The van der Waals surface area contributed by atoms with E-state index in [4.69, 9.17) is 23.2 Å². The Bertz CT molecular complexity index is 597. The van der Waals surface area contributed by atoms with E-state index in [1.54, 1.807) is 25.1 Å². The molecule has 0 aliphatic carbocycles. The lowest BCUT2D eigenvalue weighted by Crippen LogP contribution is -2.20. The van der Waals surface area contributed by atoms with Crippen molar-refractivity contribution < 1.29 is 8.78 Å². The number of hydrogen-bond acceptors (Lipinski definition) is 1. The first-order chi connectivity index (χ1) is 9.49. The third kappa shape index (κ3) is 3.48. The van der Waals surface area contributed by atoms with Crippen LogP contribution in [0.2, 0.25) is 10.0 Å². The number of rotatable bonds is 4. The van der Waals surface area contributed by atoms with Gasteiger partial charge in [0.05, 0.1) is 0 Å². The molecular weight excluding hydrogens is 303 g/mol. The van der Waals surface area contributed by atoms with E-state index in [1.165, 1.54) is 18.2 Å². The maximum Gasteiger partial charge on any atom is 0.130 e. The number of nitrogens with one attached hydrogen (secondary N) is 1. The highest BCUT2D eigenvalue weighted by Gasteiger charge is 2.15. The normalized spacial score (nSPS) is 12.4. The van der Waals surface area contributed by atoms with Gasteiger partial charge in [0.25, 0.3) is 0 Å². The maximum absolute atomic E-state index is 13.6. The van der Waals surface area contributed by atoms with E-state index in [-0.39, 0.29) is 5.56 Å². The molecule has 5 heteroatoms. The predicted molar refractivity (Wildman–Crippen MR) is 78.1 cm³/mol. The Kier molecular flexibility index (Phi) is 4.97. The molecule has 2 aromatic rings. The third-order valence-electron chi connectivity index (χ3n) is 3.05. The zero-order valence-corrected chi connectivity index (χ0v) is 12.3. The fourth-order valence-corrected chi connectivity index (χ4v) is 2.43. The quantitative estimate of drug-likeness (QED) is 0.825. The van der Waals surface area contributed by atoms with Crippen LogP contribution in [-0.2, 0) is 6.54 Å². The molecular formula is C15H13Cl2F2N. The molecule has 2 aromatic carbocycles. The summed E-state index contributed by atoms with van der Waals surface area (Å²) in [6.45, 7) is 2.09. The van der Waals surface area contributed by atoms with E-state index in [9.17, 15) is 8.78 Å². The SMILES string of the molecule is CC(NCc1ccc(Cl)cc1Cl)c1c(F)cccc1F. The lowest BCUT2D eigenvalue weighted by Gasteiger charge is -2.16. The van der Waals surface area contributed by atoms with Crippen molar-refractivity contribution >= 4 is 23.2 Å². The summed E-state index contributed by atoms with van der Waals surface area (Å²) in [6, 6.07) is 8.49. The van der Waals surface area contributed by atoms with E-state index >= 15 is 0 Å². The highest BCUT2D eigenvalue weighted by Crippen LogP contribution is 2.23. The minimum Gasteiger partial charge on any atom is -0.306 e. The van der Waals surface area contributed by atoms with Gasteiger partial charge in [0.2, 0.25) is 0 Å². The second-order valence-corrected chi connectivity index (χ2v) is 5.32. The van der Waals surface area contributed by atoms with Crippen LogP contribution in [0.15, 0.2) is 36.4 Å². The minimum absolute atomic E-state index is 0.0255. The van der Waals surface area contributed by atoms with Crippen LogP contribution >= 0.6 is 23.2 Å². The molecule has 1 atom stereocenters. The summed E-state index contributed by atoms with van der Waals surface area (Å²) in [4.78, 5) is 0. The van der Waals surface area contributed by atoms with E-state index in [0.717, 1.165) is 5.56 Å². The average molecular weight is 316 g/mol. The van der Waals surface area contributed by atoms with Crippen LogP contribution in [0, 0.1) is 11.6 Å². The molecule has 0 amide bonds. The predicted octanol–water partition coefficient (Wildman–Crippen LogP) is 5.12. The highest BCUT2D eigenvalue weighted by molar-refractivity contribution is 6.35. The molecule has 1 nitrogen and oxygen atoms in total. The van der Waals surface area contributed by atoms with Gasteiger partial charge in [-0.2, -0.15) is 0 Å². The average Bonchev–Trinajstić information content (AvgIpc) is 2.37. The van der Waals surface area contributed by atoms with Crippen molar-refractivity contribution in [3.63, 3.8) is 0 Å². The van der Waals surface area contributed by atoms with Crippen LogP contribution in [0.5, 0.6) is 0 Å². The number of hydrogen-bond donors (Lipinski definition) is 1. The fourth-order valence-electron chi connectivity index (χ4n) is 1.95. The minimum atomic E-state index is -0.563. The summed E-state index contributed by atoms with van der Waals surface area (Å²) in [6.07, 6.45) is 0. The summed E-state index contributed by atoms with van der Waals surface area (Å²) in [7, 11) is 0. The van der Waals surface area contributed by atoms with Gasteiger partial charge in [-0.1, -0.05) is 35.3 Å². The van der Waals surface area contributed by atoms with Crippen molar-refractivity contribution in [1.82, 2.24) is 5.32 Å². The lowest BCUT2D eigenvalue weighted by molar-refractivity contribution is 0.487. The van der Waals surface area contributed by atoms with Gasteiger partial charge >= 0.3 is 0 Å². The van der Waals surface area contributed by atoms with Crippen molar-refractivity contribution in [3.05, 3.63) is 69.2 Å². The zero-order valence-electron chi connectivity index (χ0n) is 10.8. The van der Waals surface area contributed by atoms with Crippen molar-refractivity contribution in [3.8, 4) is 0 Å². The molecule has 2 rings (SSSR count). The van der Waals surface area contributed by atoms with E-state index < -0.39 is 17.7 Å². The second-order valence-electron chi connectivity index (χ2n) is 4.47. The molecule has 1 unspecified atom stereocenters. The van der Waals surface area contributed by atoms with Gasteiger partial charge in [0.15, 0.2) is 0 Å². The Labute approximate surface area is 126 Å².